The van der Waals surface area contributed by atoms with Gasteiger partial charge in [-0.1, -0.05) is 26.0 Å². The summed E-state index contributed by atoms with van der Waals surface area (Å²) < 4.78 is 0. The molecule has 17 heavy (non-hydrogen) atoms. The maximum Gasteiger partial charge on any atom is 0.186 e. The lowest BCUT2D eigenvalue weighted by atomic mass is 9.97. The summed E-state index contributed by atoms with van der Waals surface area (Å²) in [6.07, 6.45) is 6.10. The van der Waals surface area contributed by atoms with Gasteiger partial charge in [0.1, 0.15) is 5.69 Å². The second-order valence-electron chi connectivity index (χ2n) is 4.91. The number of rotatable bonds is 3. The highest BCUT2D eigenvalue weighted by atomic mass is 16.1. The van der Waals surface area contributed by atoms with Gasteiger partial charge < -0.3 is 5.01 Å². The van der Waals surface area contributed by atoms with E-state index in [1.54, 1.807) is 0 Å². The van der Waals surface area contributed by atoms with Crippen molar-refractivity contribution in [1.29, 1.82) is 0 Å². The van der Waals surface area contributed by atoms with Crippen molar-refractivity contribution in [1.82, 2.24) is 9.89 Å². The normalized spacial score (nSPS) is 13.9. The average Bonchev–Trinajstić information content (AvgIpc) is 2.67. The minimum absolute atomic E-state index is 0.0139. The fourth-order valence-electron chi connectivity index (χ4n) is 2.07. The van der Waals surface area contributed by atoms with Gasteiger partial charge in [0.25, 0.3) is 0 Å². The van der Waals surface area contributed by atoms with Crippen molar-refractivity contribution in [2.45, 2.75) is 26.7 Å². The van der Waals surface area contributed by atoms with Crippen LogP contribution in [0.5, 0.6) is 0 Å². The summed E-state index contributed by atoms with van der Waals surface area (Å²) >= 11 is 0. The third-order valence-electron chi connectivity index (χ3n) is 2.97. The summed E-state index contributed by atoms with van der Waals surface area (Å²) in [7, 11) is 3.88. The predicted octanol–water partition coefficient (Wildman–Crippen LogP) is 1.88. The molecule has 0 radical (unpaired) electrons. The number of carbonyl (C=O) groups excluding carboxylic acids is 1. The number of allylic oxidation sites excluding steroid dienone is 1. The molecule has 92 valence electrons. The molecule has 1 aromatic heterocycles. The Morgan fingerprint density at radius 3 is 2.76 bits per heavy atom. The molecule has 1 aliphatic carbocycles. The molecule has 0 aliphatic heterocycles. The molecule has 0 N–H and O–H groups in total. The maximum atomic E-state index is 12.1. The Labute approximate surface area is 102 Å². The Hall–Kier alpha value is -1.58. The zero-order valence-corrected chi connectivity index (χ0v) is 10.9. The molecule has 0 saturated carbocycles. The van der Waals surface area contributed by atoms with Crippen LogP contribution in [0.4, 0.5) is 0 Å². The predicted molar refractivity (Wildman–Crippen MR) is 68.8 cm³/mol. The van der Waals surface area contributed by atoms with Crippen molar-refractivity contribution < 1.29 is 4.79 Å². The molecule has 0 atom stereocenters. The molecule has 0 saturated heterocycles. The first-order chi connectivity index (χ1) is 8.02. The van der Waals surface area contributed by atoms with E-state index in [0.717, 1.165) is 24.1 Å². The van der Waals surface area contributed by atoms with E-state index in [1.807, 2.05) is 43.8 Å². The molecule has 4 nitrogen and oxygen atoms in total. The molecule has 1 aliphatic rings. The van der Waals surface area contributed by atoms with Gasteiger partial charge in [-0.3, -0.25) is 4.79 Å². The van der Waals surface area contributed by atoms with Crippen molar-refractivity contribution in [2.24, 2.45) is 5.92 Å². The Kier molecular flexibility index (Phi) is 3.05. The van der Waals surface area contributed by atoms with Gasteiger partial charge in [0, 0.05) is 25.6 Å². The Bertz CT molecular complexity index is 469. The lowest BCUT2D eigenvalue weighted by Gasteiger charge is -2.17. The van der Waals surface area contributed by atoms with E-state index in [4.69, 9.17) is 0 Å². The first-order valence-electron chi connectivity index (χ1n) is 6.02. The molecule has 1 aromatic rings. The third-order valence-corrected chi connectivity index (χ3v) is 2.97. The lowest BCUT2D eigenvalue weighted by Crippen LogP contribution is -2.28. The molecule has 0 aromatic carbocycles. The third kappa shape index (κ3) is 1.99. The highest BCUT2D eigenvalue weighted by Crippen LogP contribution is 2.24. The lowest BCUT2D eigenvalue weighted by molar-refractivity contribution is 0.0933. The highest BCUT2D eigenvalue weighted by Gasteiger charge is 2.24. The van der Waals surface area contributed by atoms with E-state index in [1.165, 1.54) is 0 Å². The van der Waals surface area contributed by atoms with Crippen LogP contribution in [-0.4, -0.2) is 29.8 Å². The summed E-state index contributed by atoms with van der Waals surface area (Å²) in [4.78, 5) is 14.0. The molecule has 0 fully saturated rings. The van der Waals surface area contributed by atoms with Crippen LogP contribution < -0.4 is 5.01 Å². The first-order valence-corrected chi connectivity index (χ1v) is 6.02. The van der Waals surface area contributed by atoms with Gasteiger partial charge in [-0.15, -0.1) is 5.10 Å². The SMILES string of the molecule is CC(C)C(=O)c1nn(N(C)C)c2c1C=CCC2. The van der Waals surface area contributed by atoms with Gasteiger partial charge >= 0.3 is 0 Å². The van der Waals surface area contributed by atoms with E-state index < -0.39 is 0 Å². The standard InChI is InChI=1S/C13H19N3O/c1-9(2)13(17)12-10-7-5-6-8-11(10)16(14-12)15(3)4/h5,7,9H,6,8H2,1-4H3. The fraction of sp³-hybridized carbons (Fsp3) is 0.538. The van der Waals surface area contributed by atoms with Crippen molar-refractivity contribution in [3.8, 4) is 0 Å². The number of fused-ring (bicyclic) bond motifs is 1. The molecule has 0 unspecified atom stereocenters. The van der Waals surface area contributed by atoms with Crippen LogP contribution in [0, 0.1) is 5.92 Å². The van der Waals surface area contributed by atoms with E-state index >= 15 is 0 Å². The first kappa shape index (κ1) is 11.9. The summed E-state index contributed by atoms with van der Waals surface area (Å²) in [6, 6.07) is 0. The van der Waals surface area contributed by atoms with Gasteiger partial charge in [0.15, 0.2) is 5.78 Å². The fourth-order valence-corrected chi connectivity index (χ4v) is 2.07. The molecule has 0 spiro atoms. The van der Waals surface area contributed by atoms with Crippen LogP contribution in [0.2, 0.25) is 0 Å². The van der Waals surface area contributed by atoms with Gasteiger partial charge in [-0.05, 0) is 12.8 Å². The minimum Gasteiger partial charge on any atom is -0.303 e. The summed E-state index contributed by atoms with van der Waals surface area (Å²) in [6.45, 7) is 3.83. The van der Waals surface area contributed by atoms with Gasteiger partial charge in [-0.25, -0.2) is 0 Å². The Morgan fingerprint density at radius 2 is 2.18 bits per heavy atom. The highest BCUT2D eigenvalue weighted by molar-refractivity contribution is 5.99. The molecule has 1 heterocycles. The number of carbonyl (C=O) groups is 1. The smallest absolute Gasteiger partial charge is 0.186 e. The van der Waals surface area contributed by atoms with Crippen LogP contribution in [0.15, 0.2) is 6.08 Å². The second-order valence-corrected chi connectivity index (χ2v) is 4.91. The van der Waals surface area contributed by atoms with Gasteiger partial charge in [0.05, 0.1) is 5.69 Å². The quantitative estimate of drug-likeness (QED) is 0.748. The number of hydrogen-bond donors (Lipinski definition) is 0. The van der Waals surface area contributed by atoms with E-state index in [-0.39, 0.29) is 11.7 Å². The van der Waals surface area contributed by atoms with Crippen molar-refractivity contribution in [3.63, 3.8) is 0 Å². The molecule has 0 amide bonds. The Balaban J connectivity index is 2.55. The van der Waals surface area contributed by atoms with Crippen LogP contribution in [0.25, 0.3) is 6.08 Å². The number of hydrogen-bond acceptors (Lipinski definition) is 3. The van der Waals surface area contributed by atoms with Crippen molar-refractivity contribution in [2.75, 3.05) is 19.1 Å². The second kappa shape index (κ2) is 4.35. The van der Waals surface area contributed by atoms with Crippen LogP contribution in [0.1, 0.15) is 42.0 Å². The zero-order chi connectivity index (χ0) is 12.6. The van der Waals surface area contributed by atoms with Crippen molar-refractivity contribution >= 4 is 11.9 Å². The largest absolute Gasteiger partial charge is 0.303 e. The molecular formula is C13H19N3O. The number of aromatic nitrogens is 2. The van der Waals surface area contributed by atoms with E-state index in [9.17, 15) is 4.79 Å². The van der Waals surface area contributed by atoms with Crippen LogP contribution in [0.3, 0.4) is 0 Å². The van der Waals surface area contributed by atoms with Gasteiger partial charge in [0.2, 0.25) is 0 Å². The number of nitrogens with zero attached hydrogens (tertiary/aromatic N) is 3. The van der Waals surface area contributed by atoms with Crippen LogP contribution >= 0.6 is 0 Å². The molecular weight excluding hydrogens is 214 g/mol. The minimum atomic E-state index is -0.0139. The molecule has 0 bridgehead atoms. The van der Waals surface area contributed by atoms with Gasteiger partial charge in [-0.2, -0.15) is 4.79 Å². The Morgan fingerprint density at radius 1 is 1.47 bits per heavy atom. The summed E-state index contributed by atoms with van der Waals surface area (Å²) in [5.41, 5.74) is 2.75. The zero-order valence-electron chi connectivity index (χ0n) is 10.9. The number of Topliss-reactive ketones (excluding diaryl/α,β-unsaturated/α-hetero) is 1. The molecule has 4 heteroatoms. The monoisotopic (exact) mass is 233 g/mol. The van der Waals surface area contributed by atoms with Crippen molar-refractivity contribution in [3.05, 3.63) is 23.0 Å². The number of ketones is 1. The molecule has 2 rings (SSSR count). The van der Waals surface area contributed by atoms with Crippen LogP contribution in [-0.2, 0) is 6.42 Å². The summed E-state index contributed by atoms with van der Waals surface area (Å²) in [5.74, 6) is 0.105. The summed E-state index contributed by atoms with van der Waals surface area (Å²) in [5, 5.41) is 6.37. The van der Waals surface area contributed by atoms with E-state index in [2.05, 4.69) is 11.2 Å². The van der Waals surface area contributed by atoms with E-state index in [0.29, 0.717) is 5.69 Å². The topological polar surface area (TPSA) is 38.1 Å². The average molecular weight is 233 g/mol. The maximum absolute atomic E-state index is 12.1.